The second kappa shape index (κ2) is 5.61. The number of carbonyl (C=O) groups excluding carboxylic acids is 1. The monoisotopic (exact) mass is 314 g/mol. The predicted octanol–water partition coefficient (Wildman–Crippen LogP) is 2.84. The molecule has 0 N–H and O–H groups in total. The Balaban J connectivity index is 2.33. The molecule has 0 saturated heterocycles. The van der Waals surface area contributed by atoms with Gasteiger partial charge in [-0.15, -0.1) is 0 Å². The highest BCUT2D eigenvalue weighted by molar-refractivity contribution is 6.35. The first-order valence-electron chi connectivity index (χ1n) is 6.50. The van der Waals surface area contributed by atoms with Gasteiger partial charge in [0.15, 0.2) is 0 Å². The zero-order valence-electron chi connectivity index (χ0n) is 11.5. The van der Waals surface area contributed by atoms with Gasteiger partial charge in [0.25, 0.3) is 5.56 Å². The number of esters is 1. The molecule has 0 amide bonds. The number of hydrogen-bond donors (Lipinski definition) is 0. The fraction of sp³-hybridized carbons (Fsp3) is 0.0625. The molecule has 0 bridgehead atoms. The Morgan fingerprint density at radius 1 is 1.41 bits per heavy atom. The molecule has 0 saturated carbocycles. The van der Waals surface area contributed by atoms with Gasteiger partial charge < -0.3 is 4.74 Å². The molecular formula is C16H11ClN2O3. The summed E-state index contributed by atoms with van der Waals surface area (Å²) >= 11 is 6.20. The average Bonchev–Trinajstić information content (AvgIpc) is 2.53. The van der Waals surface area contributed by atoms with Crippen LogP contribution in [0.1, 0.15) is 10.4 Å². The van der Waals surface area contributed by atoms with Crippen molar-refractivity contribution in [3.05, 3.63) is 70.1 Å². The van der Waals surface area contributed by atoms with E-state index in [1.54, 1.807) is 24.3 Å². The SMILES string of the molecule is C=CCOC(=O)c1cnc2cc(Cl)c3ccccc3n2c1=O. The number of aromatic nitrogens is 2. The largest absolute Gasteiger partial charge is 0.458 e. The zero-order chi connectivity index (χ0) is 15.7. The molecular weight excluding hydrogens is 304 g/mol. The van der Waals surface area contributed by atoms with Crippen LogP contribution in [0.25, 0.3) is 16.6 Å². The molecule has 6 heteroatoms. The third-order valence-corrected chi connectivity index (χ3v) is 3.51. The third kappa shape index (κ3) is 2.25. The Hall–Kier alpha value is -2.66. The molecule has 22 heavy (non-hydrogen) atoms. The van der Waals surface area contributed by atoms with Crippen molar-refractivity contribution in [3.63, 3.8) is 0 Å². The van der Waals surface area contributed by atoms with E-state index in [2.05, 4.69) is 11.6 Å². The lowest BCUT2D eigenvalue weighted by atomic mass is 10.2. The van der Waals surface area contributed by atoms with Crippen LogP contribution < -0.4 is 5.56 Å². The minimum absolute atomic E-state index is 0.0301. The number of benzene rings is 1. The second-order valence-corrected chi connectivity index (χ2v) is 4.97. The first-order valence-corrected chi connectivity index (χ1v) is 6.88. The van der Waals surface area contributed by atoms with E-state index >= 15 is 0 Å². The molecule has 1 aromatic carbocycles. The van der Waals surface area contributed by atoms with Crippen molar-refractivity contribution in [1.82, 2.24) is 9.38 Å². The Labute approximate surface area is 130 Å². The van der Waals surface area contributed by atoms with Crippen LogP contribution in [-0.4, -0.2) is 22.0 Å². The number of ether oxygens (including phenoxy) is 1. The van der Waals surface area contributed by atoms with Gasteiger partial charge in [-0.2, -0.15) is 0 Å². The predicted molar refractivity (Wildman–Crippen MR) is 84.5 cm³/mol. The molecule has 0 fully saturated rings. The summed E-state index contributed by atoms with van der Waals surface area (Å²) in [5.41, 5.74) is 0.327. The molecule has 0 unspecified atom stereocenters. The summed E-state index contributed by atoms with van der Waals surface area (Å²) in [6, 6.07) is 8.74. The van der Waals surface area contributed by atoms with E-state index in [0.717, 1.165) is 0 Å². The van der Waals surface area contributed by atoms with Crippen molar-refractivity contribution < 1.29 is 9.53 Å². The van der Waals surface area contributed by atoms with E-state index in [-0.39, 0.29) is 12.2 Å². The summed E-state index contributed by atoms with van der Waals surface area (Å²) in [6.07, 6.45) is 2.63. The molecule has 0 aliphatic heterocycles. The zero-order valence-corrected chi connectivity index (χ0v) is 12.2. The maximum absolute atomic E-state index is 12.6. The number of nitrogens with zero attached hydrogens (tertiary/aromatic N) is 2. The highest BCUT2D eigenvalue weighted by Gasteiger charge is 2.16. The molecule has 110 valence electrons. The van der Waals surface area contributed by atoms with E-state index in [4.69, 9.17) is 16.3 Å². The maximum atomic E-state index is 12.6. The fourth-order valence-corrected chi connectivity index (χ4v) is 2.47. The van der Waals surface area contributed by atoms with Crippen molar-refractivity contribution >= 4 is 34.1 Å². The highest BCUT2D eigenvalue weighted by atomic mass is 35.5. The topological polar surface area (TPSA) is 60.7 Å². The average molecular weight is 315 g/mol. The normalized spacial score (nSPS) is 10.8. The standard InChI is InChI=1S/C16H11ClN2O3/c1-2-7-22-16(21)11-9-18-14-8-12(17)10-5-3-4-6-13(10)19(14)15(11)20/h2-6,8-9H,1,7H2. The first-order chi connectivity index (χ1) is 10.6. The molecule has 0 aliphatic carbocycles. The molecule has 3 aromatic rings. The number of hydrogen-bond acceptors (Lipinski definition) is 4. The molecule has 2 heterocycles. The molecule has 5 nitrogen and oxygen atoms in total. The van der Waals surface area contributed by atoms with Gasteiger partial charge in [-0.25, -0.2) is 9.78 Å². The molecule has 0 atom stereocenters. The van der Waals surface area contributed by atoms with Crippen LogP contribution in [0.2, 0.25) is 5.02 Å². The lowest BCUT2D eigenvalue weighted by Crippen LogP contribution is -2.24. The summed E-state index contributed by atoms with van der Waals surface area (Å²) < 4.78 is 6.26. The van der Waals surface area contributed by atoms with E-state index in [9.17, 15) is 9.59 Å². The highest BCUT2D eigenvalue weighted by Crippen LogP contribution is 2.24. The van der Waals surface area contributed by atoms with Gasteiger partial charge >= 0.3 is 5.97 Å². The number of para-hydroxylation sites is 1. The van der Waals surface area contributed by atoms with Crippen LogP contribution in [0.4, 0.5) is 0 Å². The van der Waals surface area contributed by atoms with Gasteiger partial charge in [-0.05, 0) is 6.07 Å². The van der Waals surface area contributed by atoms with Crippen LogP contribution >= 0.6 is 11.6 Å². The summed E-state index contributed by atoms with van der Waals surface area (Å²) in [5, 5.41) is 1.20. The van der Waals surface area contributed by atoms with Crippen molar-refractivity contribution in [2.45, 2.75) is 0 Å². The van der Waals surface area contributed by atoms with Crippen LogP contribution in [0.3, 0.4) is 0 Å². The van der Waals surface area contributed by atoms with Gasteiger partial charge in [-0.3, -0.25) is 9.20 Å². The lowest BCUT2D eigenvalue weighted by Gasteiger charge is -2.08. The molecule has 0 aliphatic rings. The number of pyridine rings is 1. The summed E-state index contributed by atoms with van der Waals surface area (Å²) in [4.78, 5) is 28.7. The summed E-state index contributed by atoms with van der Waals surface area (Å²) in [6.45, 7) is 3.49. The maximum Gasteiger partial charge on any atom is 0.345 e. The lowest BCUT2D eigenvalue weighted by molar-refractivity contribution is 0.0547. The van der Waals surface area contributed by atoms with Gasteiger partial charge in [-0.1, -0.05) is 42.5 Å². The summed E-state index contributed by atoms with van der Waals surface area (Å²) in [5.74, 6) is -0.731. The van der Waals surface area contributed by atoms with Gasteiger partial charge in [0.05, 0.1) is 10.5 Å². The van der Waals surface area contributed by atoms with Crippen molar-refractivity contribution in [3.8, 4) is 0 Å². The van der Waals surface area contributed by atoms with Crippen LogP contribution in [0.5, 0.6) is 0 Å². The van der Waals surface area contributed by atoms with Crippen LogP contribution in [0.15, 0.2) is 54.0 Å². The molecule has 0 spiro atoms. The minimum Gasteiger partial charge on any atom is -0.458 e. The van der Waals surface area contributed by atoms with Gasteiger partial charge in [0.1, 0.15) is 17.8 Å². The van der Waals surface area contributed by atoms with Crippen molar-refractivity contribution in [2.75, 3.05) is 6.61 Å². The van der Waals surface area contributed by atoms with E-state index < -0.39 is 11.5 Å². The Bertz CT molecular complexity index is 963. The molecule has 2 aromatic heterocycles. The van der Waals surface area contributed by atoms with E-state index in [0.29, 0.717) is 21.6 Å². The van der Waals surface area contributed by atoms with Crippen LogP contribution in [0, 0.1) is 0 Å². The fourth-order valence-electron chi connectivity index (χ4n) is 2.22. The molecule has 3 rings (SSSR count). The Kier molecular flexibility index (Phi) is 3.65. The Morgan fingerprint density at radius 2 is 2.18 bits per heavy atom. The van der Waals surface area contributed by atoms with Crippen molar-refractivity contribution in [1.29, 1.82) is 0 Å². The number of carbonyl (C=O) groups is 1. The Morgan fingerprint density at radius 3 is 2.95 bits per heavy atom. The van der Waals surface area contributed by atoms with Crippen LogP contribution in [-0.2, 0) is 4.74 Å². The van der Waals surface area contributed by atoms with Gasteiger partial charge in [0, 0.05) is 17.6 Å². The molecule has 0 radical (unpaired) electrons. The number of halogens is 1. The number of fused-ring (bicyclic) bond motifs is 3. The summed E-state index contributed by atoms with van der Waals surface area (Å²) in [7, 11) is 0. The first kappa shape index (κ1) is 14.3. The minimum atomic E-state index is -0.731. The quantitative estimate of drug-likeness (QED) is 0.424. The second-order valence-electron chi connectivity index (χ2n) is 4.57. The van der Waals surface area contributed by atoms with Gasteiger partial charge in [0.2, 0.25) is 0 Å². The number of rotatable bonds is 3. The third-order valence-electron chi connectivity index (χ3n) is 3.20. The van der Waals surface area contributed by atoms with Crippen molar-refractivity contribution in [2.24, 2.45) is 0 Å². The van der Waals surface area contributed by atoms with E-state index in [1.165, 1.54) is 16.7 Å². The smallest absolute Gasteiger partial charge is 0.345 e. The van der Waals surface area contributed by atoms with E-state index in [1.807, 2.05) is 6.07 Å².